The second-order valence-corrected chi connectivity index (χ2v) is 4.84. The lowest BCUT2D eigenvalue weighted by Crippen LogP contribution is -2.26. The summed E-state index contributed by atoms with van der Waals surface area (Å²) in [5.41, 5.74) is 2.25. The Labute approximate surface area is 107 Å². The van der Waals surface area contributed by atoms with Crippen molar-refractivity contribution in [2.24, 2.45) is 7.05 Å². The number of imidazole rings is 1. The molecule has 0 spiro atoms. The minimum absolute atomic E-state index is 0.389. The van der Waals surface area contributed by atoms with E-state index in [2.05, 4.69) is 34.0 Å². The first kappa shape index (κ1) is 11.7. The van der Waals surface area contributed by atoms with Crippen molar-refractivity contribution in [3.05, 3.63) is 30.1 Å². The van der Waals surface area contributed by atoms with E-state index in [1.807, 2.05) is 12.1 Å². The van der Waals surface area contributed by atoms with Gasteiger partial charge in [0.25, 0.3) is 0 Å². The lowest BCUT2D eigenvalue weighted by molar-refractivity contribution is 0.109. The van der Waals surface area contributed by atoms with Gasteiger partial charge in [0.2, 0.25) is 0 Å². The van der Waals surface area contributed by atoms with E-state index < -0.39 is 0 Å². The molecule has 0 saturated carbocycles. The Bertz CT molecular complexity index is 529. The molecule has 0 aliphatic carbocycles. The third kappa shape index (κ3) is 2.26. The summed E-state index contributed by atoms with van der Waals surface area (Å²) in [7, 11) is 2.07. The van der Waals surface area contributed by atoms with Crippen LogP contribution < -0.4 is 5.32 Å². The van der Waals surface area contributed by atoms with E-state index in [0.717, 1.165) is 31.0 Å². The zero-order chi connectivity index (χ0) is 12.4. The van der Waals surface area contributed by atoms with E-state index in [0.29, 0.717) is 6.10 Å². The monoisotopic (exact) mass is 245 g/mol. The summed E-state index contributed by atoms with van der Waals surface area (Å²) < 4.78 is 7.74. The number of fused-ring (bicyclic) bond motifs is 1. The first-order valence-corrected chi connectivity index (χ1v) is 6.57. The average Bonchev–Trinajstić information content (AvgIpc) is 3.00. The molecule has 0 bridgehead atoms. The zero-order valence-electron chi connectivity index (χ0n) is 10.7. The molecule has 1 aromatic heterocycles. The van der Waals surface area contributed by atoms with E-state index in [1.54, 1.807) is 0 Å². The van der Waals surface area contributed by atoms with E-state index in [9.17, 15) is 0 Å². The predicted octanol–water partition coefficient (Wildman–Crippen LogP) is 1.84. The highest BCUT2D eigenvalue weighted by Gasteiger charge is 2.15. The molecule has 4 nitrogen and oxygen atoms in total. The largest absolute Gasteiger partial charge is 0.377 e. The molecular weight excluding hydrogens is 226 g/mol. The fourth-order valence-electron chi connectivity index (χ4n) is 2.50. The summed E-state index contributed by atoms with van der Waals surface area (Å²) in [4.78, 5) is 4.64. The quantitative estimate of drug-likeness (QED) is 0.893. The van der Waals surface area contributed by atoms with Crippen molar-refractivity contribution in [1.29, 1.82) is 0 Å². The smallest absolute Gasteiger partial charge is 0.123 e. The number of hydrogen-bond donors (Lipinski definition) is 1. The van der Waals surface area contributed by atoms with Gasteiger partial charge in [-0.15, -0.1) is 0 Å². The molecule has 0 unspecified atom stereocenters. The van der Waals surface area contributed by atoms with Crippen molar-refractivity contribution in [2.45, 2.75) is 25.5 Å². The number of hydrogen-bond acceptors (Lipinski definition) is 3. The summed E-state index contributed by atoms with van der Waals surface area (Å²) in [5.74, 6) is 1.08. The minimum atomic E-state index is 0.389. The molecule has 1 fully saturated rings. The molecule has 1 aliphatic heterocycles. The summed E-state index contributed by atoms with van der Waals surface area (Å²) >= 11 is 0. The second kappa shape index (κ2) is 5.08. The SMILES string of the molecule is Cn1c(CNC[C@@H]2CCCO2)nc2ccccc21. The van der Waals surface area contributed by atoms with Crippen LogP contribution in [0.25, 0.3) is 11.0 Å². The van der Waals surface area contributed by atoms with Crippen LogP contribution in [0.3, 0.4) is 0 Å². The normalized spacial score (nSPS) is 19.7. The second-order valence-electron chi connectivity index (χ2n) is 4.84. The molecule has 1 saturated heterocycles. The molecule has 2 aromatic rings. The third-order valence-electron chi connectivity index (χ3n) is 3.56. The van der Waals surface area contributed by atoms with Gasteiger partial charge in [-0.25, -0.2) is 4.98 Å². The molecule has 1 atom stereocenters. The van der Waals surface area contributed by atoms with Crippen LogP contribution >= 0.6 is 0 Å². The summed E-state index contributed by atoms with van der Waals surface area (Å²) in [6.45, 7) is 2.63. The van der Waals surface area contributed by atoms with E-state index in [4.69, 9.17) is 4.74 Å². The first-order valence-electron chi connectivity index (χ1n) is 6.57. The molecule has 1 aromatic carbocycles. The minimum Gasteiger partial charge on any atom is -0.377 e. The number of rotatable bonds is 4. The molecule has 18 heavy (non-hydrogen) atoms. The first-order chi connectivity index (χ1) is 8.84. The number of para-hydroxylation sites is 2. The summed E-state index contributed by atoms with van der Waals surface area (Å²) in [6.07, 6.45) is 2.76. The molecule has 96 valence electrons. The molecular formula is C14H19N3O. The van der Waals surface area contributed by atoms with Crippen molar-refractivity contribution < 1.29 is 4.74 Å². The number of nitrogens with one attached hydrogen (secondary N) is 1. The summed E-state index contributed by atoms with van der Waals surface area (Å²) in [5, 5.41) is 3.44. The van der Waals surface area contributed by atoms with Gasteiger partial charge in [0.05, 0.1) is 23.7 Å². The molecule has 0 amide bonds. The molecule has 0 radical (unpaired) electrons. The highest BCUT2D eigenvalue weighted by molar-refractivity contribution is 5.75. The van der Waals surface area contributed by atoms with Crippen LogP contribution in [0.1, 0.15) is 18.7 Å². The van der Waals surface area contributed by atoms with Crippen molar-refractivity contribution in [2.75, 3.05) is 13.2 Å². The Morgan fingerprint density at radius 3 is 3.11 bits per heavy atom. The molecule has 3 rings (SSSR count). The van der Waals surface area contributed by atoms with Crippen molar-refractivity contribution >= 4 is 11.0 Å². The van der Waals surface area contributed by atoms with Crippen molar-refractivity contribution in [3.63, 3.8) is 0 Å². The van der Waals surface area contributed by atoms with Crippen LogP contribution in [-0.2, 0) is 18.3 Å². The Balaban J connectivity index is 1.65. The van der Waals surface area contributed by atoms with Crippen molar-refractivity contribution in [3.8, 4) is 0 Å². The van der Waals surface area contributed by atoms with Crippen LogP contribution in [0.4, 0.5) is 0 Å². The van der Waals surface area contributed by atoms with Gasteiger partial charge in [-0.2, -0.15) is 0 Å². The van der Waals surface area contributed by atoms with Gasteiger partial charge in [0.15, 0.2) is 0 Å². The zero-order valence-corrected chi connectivity index (χ0v) is 10.7. The van der Waals surface area contributed by atoms with Crippen LogP contribution in [0.5, 0.6) is 0 Å². The number of benzene rings is 1. The van der Waals surface area contributed by atoms with E-state index in [-0.39, 0.29) is 0 Å². The Morgan fingerprint density at radius 1 is 1.44 bits per heavy atom. The molecule has 2 heterocycles. The maximum Gasteiger partial charge on any atom is 0.123 e. The van der Waals surface area contributed by atoms with Gasteiger partial charge in [-0.1, -0.05) is 12.1 Å². The molecule has 1 N–H and O–H groups in total. The number of ether oxygens (including phenoxy) is 1. The van der Waals surface area contributed by atoms with E-state index >= 15 is 0 Å². The summed E-state index contributed by atoms with van der Waals surface area (Å²) in [6, 6.07) is 8.23. The van der Waals surface area contributed by atoms with Crippen LogP contribution in [0, 0.1) is 0 Å². The van der Waals surface area contributed by atoms with Crippen LogP contribution in [-0.4, -0.2) is 28.8 Å². The van der Waals surface area contributed by atoms with Crippen molar-refractivity contribution in [1.82, 2.24) is 14.9 Å². The highest BCUT2D eigenvalue weighted by atomic mass is 16.5. The highest BCUT2D eigenvalue weighted by Crippen LogP contribution is 2.14. The van der Waals surface area contributed by atoms with Gasteiger partial charge in [-0.05, 0) is 25.0 Å². The predicted molar refractivity (Wildman–Crippen MR) is 71.4 cm³/mol. The lowest BCUT2D eigenvalue weighted by atomic mass is 10.2. The number of nitrogens with zero attached hydrogens (tertiary/aromatic N) is 2. The fourth-order valence-corrected chi connectivity index (χ4v) is 2.50. The topological polar surface area (TPSA) is 39.1 Å². The van der Waals surface area contributed by atoms with Gasteiger partial charge in [0, 0.05) is 20.2 Å². The van der Waals surface area contributed by atoms with Gasteiger partial charge < -0.3 is 14.6 Å². The maximum absolute atomic E-state index is 5.59. The van der Waals surface area contributed by atoms with E-state index in [1.165, 1.54) is 18.4 Å². The Kier molecular flexibility index (Phi) is 3.30. The van der Waals surface area contributed by atoms with Gasteiger partial charge in [-0.3, -0.25) is 0 Å². The average molecular weight is 245 g/mol. The molecule has 1 aliphatic rings. The Hall–Kier alpha value is -1.39. The molecule has 4 heteroatoms. The number of aryl methyl sites for hydroxylation is 1. The standard InChI is InChI=1S/C14H19N3O/c1-17-13-7-3-2-6-12(13)16-14(17)10-15-9-11-5-4-8-18-11/h2-3,6-7,11,15H,4-5,8-10H2,1H3/t11-/m0/s1. The number of aromatic nitrogens is 2. The third-order valence-corrected chi connectivity index (χ3v) is 3.56. The van der Waals surface area contributed by atoms with Crippen LogP contribution in [0.2, 0.25) is 0 Å². The van der Waals surface area contributed by atoms with Gasteiger partial charge >= 0.3 is 0 Å². The van der Waals surface area contributed by atoms with Gasteiger partial charge in [0.1, 0.15) is 5.82 Å². The fraction of sp³-hybridized carbons (Fsp3) is 0.500. The maximum atomic E-state index is 5.59. The Morgan fingerprint density at radius 2 is 2.33 bits per heavy atom. The lowest BCUT2D eigenvalue weighted by Gasteiger charge is -2.10. The van der Waals surface area contributed by atoms with Crippen LogP contribution in [0.15, 0.2) is 24.3 Å².